The molecule has 34 heteroatoms. The van der Waals surface area contributed by atoms with E-state index in [0.717, 1.165) is 93.6 Å². The fourth-order valence-electron chi connectivity index (χ4n) is 7.12. The van der Waals surface area contributed by atoms with Crippen LogP contribution in [0.3, 0.4) is 0 Å². The first-order valence-corrected chi connectivity index (χ1v) is 30.3. The molecule has 4 aliphatic heterocycles. The molecular formula is C60H42BrF15N4O10S4. The van der Waals surface area contributed by atoms with Crippen molar-refractivity contribution in [2.24, 2.45) is 0 Å². The van der Waals surface area contributed by atoms with Crippen molar-refractivity contribution < 1.29 is 114 Å². The Morgan fingerprint density at radius 2 is 0.883 bits per heavy atom. The Hall–Kier alpha value is -8.47. The Balaban J connectivity index is 0.000000212. The topological polar surface area (TPSA) is 194 Å². The number of nitrogens with zero attached hydrogens (tertiary/aromatic N) is 1. The maximum Gasteiger partial charge on any atom is 0.573 e. The lowest BCUT2D eigenvalue weighted by Gasteiger charge is -2.12. The monoisotopic (exact) mass is 1470 g/mol. The molecule has 498 valence electrons. The number of ether oxygens (including phenoxy) is 2. The molecule has 4 aliphatic rings. The number of hydrogen-bond acceptors (Lipinski definition) is 14. The third kappa shape index (κ3) is 25.4. The Kier molecular flexibility index (Phi) is 27.2. The summed E-state index contributed by atoms with van der Waals surface area (Å²) in [7, 11) is 1.33. The fourth-order valence-corrected chi connectivity index (χ4v) is 10.2. The van der Waals surface area contributed by atoms with E-state index >= 15 is 0 Å². The zero-order valence-electron chi connectivity index (χ0n) is 47.4. The molecule has 0 aromatic heterocycles. The van der Waals surface area contributed by atoms with Crippen molar-refractivity contribution >= 4 is 126 Å². The highest BCUT2D eigenvalue weighted by Crippen LogP contribution is 2.37. The fraction of sp³-hybridized carbons (Fsp3) is 0.167. The van der Waals surface area contributed by atoms with Crippen LogP contribution in [0.5, 0.6) is 11.5 Å². The number of hydrogen-bond donors (Lipinski definition) is 3. The van der Waals surface area contributed by atoms with E-state index in [9.17, 15) is 104 Å². The molecule has 3 N–H and O–H groups in total. The number of halogens is 16. The van der Waals surface area contributed by atoms with Crippen LogP contribution in [-0.2, 0) is 55.8 Å². The van der Waals surface area contributed by atoms with Gasteiger partial charge in [0.15, 0.2) is 0 Å². The van der Waals surface area contributed by atoms with Gasteiger partial charge < -0.3 is 9.47 Å². The van der Waals surface area contributed by atoms with Crippen molar-refractivity contribution in [2.45, 2.75) is 49.9 Å². The van der Waals surface area contributed by atoms with E-state index in [4.69, 9.17) is 0 Å². The van der Waals surface area contributed by atoms with Crippen LogP contribution in [0.2, 0.25) is 0 Å². The molecule has 0 aliphatic carbocycles. The van der Waals surface area contributed by atoms with E-state index < -0.39 is 86.8 Å². The van der Waals surface area contributed by atoms with E-state index in [1.165, 1.54) is 86.0 Å². The maximum absolute atomic E-state index is 12.8. The molecule has 94 heavy (non-hydrogen) atoms. The molecule has 4 fully saturated rings. The van der Waals surface area contributed by atoms with Crippen molar-refractivity contribution in [3.05, 3.63) is 216 Å². The Bertz CT molecular complexity index is 3750. The molecule has 4 saturated heterocycles. The van der Waals surface area contributed by atoms with E-state index in [-0.39, 0.29) is 60.6 Å². The number of amides is 8. The lowest BCUT2D eigenvalue weighted by atomic mass is 10.1. The summed E-state index contributed by atoms with van der Waals surface area (Å²) < 4.78 is 193. The maximum atomic E-state index is 12.8. The van der Waals surface area contributed by atoms with Gasteiger partial charge in [-0.05, 0) is 155 Å². The summed E-state index contributed by atoms with van der Waals surface area (Å²) >= 11 is 6.24. The van der Waals surface area contributed by atoms with Crippen LogP contribution >= 0.6 is 63.0 Å². The Labute approximate surface area is 547 Å². The van der Waals surface area contributed by atoms with Gasteiger partial charge in [0, 0.05) is 5.33 Å². The zero-order chi connectivity index (χ0) is 69.9. The molecule has 8 amide bonds. The largest absolute Gasteiger partial charge is 0.573 e. The molecule has 10 rings (SSSR count). The quantitative estimate of drug-likeness (QED) is 0.0740. The zero-order valence-corrected chi connectivity index (χ0v) is 52.3. The number of imide groups is 4. The van der Waals surface area contributed by atoms with Crippen molar-refractivity contribution in [1.29, 1.82) is 0 Å². The molecule has 0 unspecified atom stereocenters. The minimum Gasteiger partial charge on any atom is -0.497 e. The average molecular weight is 1470 g/mol. The molecule has 0 spiro atoms. The van der Waals surface area contributed by atoms with Crippen molar-refractivity contribution in [3.63, 3.8) is 0 Å². The number of thioether (sulfide) groups is 4. The van der Waals surface area contributed by atoms with Gasteiger partial charge in [-0.15, -0.1) is 13.2 Å². The van der Waals surface area contributed by atoms with E-state index in [1.807, 2.05) is 41.8 Å². The smallest absolute Gasteiger partial charge is 0.497 e. The van der Waals surface area contributed by atoms with Gasteiger partial charge in [0.05, 0.1) is 56.4 Å². The van der Waals surface area contributed by atoms with Crippen LogP contribution in [0.15, 0.2) is 160 Å². The van der Waals surface area contributed by atoms with Crippen LogP contribution in [-0.4, -0.2) is 68.7 Å². The van der Waals surface area contributed by atoms with Crippen molar-refractivity contribution in [3.8, 4) is 11.5 Å². The van der Waals surface area contributed by atoms with Crippen LogP contribution in [0.25, 0.3) is 18.2 Å². The highest BCUT2D eigenvalue weighted by Gasteiger charge is 2.37. The first-order chi connectivity index (χ1) is 43.8. The minimum atomic E-state index is -4.62. The summed E-state index contributed by atoms with van der Waals surface area (Å²) in [5.41, 5.74) is 0.334. The average Bonchev–Trinajstić information content (AvgIpc) is 1.63. The van der Waals surface area contributed by atoms with Crippen molar-refractivity contribution in [1.82, 2.24) is 20.9 Å². The number of nitrogens with one attached hydrogen (secondary N) is 3. The summed E-state index contributed by atoms with van der Waals surface area (Å²) in [4.78, 5) is 90.4. The van der Waals surface area contributed by atoms with Gasteiger partial charge in [0.2, 0.25) is 5.91 Å². The Morgan fingerprint density at radius 1 is 0.479 bits per heavy atom. The number of alkyl halides is 16. The standard InChI is InChI=1S/C19H14F3NO2S.2C11H6F3NO2S.C8H6BrF3O.C8H7F3O.C3H3NO2S/c1-12-5-7-13(8-6-12)11-23-17(24)16(26-18(23)25)10-14-3-2-4-15(9-14)19(20,21)22;2*12-11(13,14)7-3-1-2-6(4-7)5-8-9(16)15-10(17)18-8;9-5-6-1-3-7(4-2-6)13-8(10,11)12;1-12-7-4-2-3-6(5-7)8(9,10)11;5-2-1-7-3(6)4-2/h2-10H,11H2,1H3;2*1-5H,(H,15,16,17);1-4H,5H2;2-5H,1H3;1H2,(H,4,5,6)/b16-10-;2*8-5-;;;. The van der Waals surface area contributed by atoms with Crippen LogP contribution in [0, 0.1) is 6.92 Å². The van der Waals surface area contributed by atoms with Crippen LogP contribution in [0.4, 0.5) is 85.0 Å². The van der Waals surface area contributed by atoms with Crippen LogP contribution in [0.1, 0.15) is 55.6 Å². The molecule has 4 heterocycles. The van der Waals surface area contributed by atoms with Gasteiger partial charge in [-0.25, -0.2) is 0 Å². The molecule has 6 aromatic rings. The normalized spacial score (nSPS) is 16.1. The second kappa shape index (κ2) is 33.6. The second-order valence-corrected chi connectivity index (χ2v) is 23.0. The third-order valence-corrected chi connectivity index (χ3v) is 15.4. The van der Waals surface area contributed by atoms with Gasteiger partial charge in [-0.3, -0.25) is 59.2 Å². The molecule has 0 saturated carbocycles. The Morgan fingerprint density at radius 3 is 1.22 bits per heavy atom. The summed E-state index contributed by atoms with van der Waals surface area (Å²) in [5.74, 6) is -1.57. The molecule has 0 radical (unpaired) electrons. The van der Waals surface area contributed by atoms with E-state index in [0.29, 0.717) is 34.6 Å². The van der Waals surface area contributed by atoms with Crippen molar-refractivity contribution in [2.75, 3.05) is 12.9 Å². The summed E-state index contributed by atoms with van der Waals surface area (Å²) in [6.45, 7) is 2.06. The predicted molar refractivity (Wildman–Crippen MR) is 325 cm³/mol. The van der Waals surface area contributed by atoms with Gasteiger partial charge in [-0.2, -0.15) is 52.7 Å². The summed E-state index contributed by atoms with van der Waals surface area (Å²) in [5, 5.41) is 5.04. The first-order valence-electron chi connectivity index (χ1n) is 25.7. The number of benzene rings is 6. The predicted octanol–water partition coefficient (Wildman–Crippen LogP) is 17.5. The SMILES string of the molecule is COc1cccc(C(F)(F)F)c1.Cc1ccc(CN2C(=O)S/C(=C\c3cccc(C(F)(F)F)c3)C2=O)cc1.FC(F)(F)Oc1ccc(CBr)cc1.O=C1CSC(=O)N1.O=C1NC(=O)/C(=C/c2cccc(C(F)(F)F)c2)S1.O=C1NC(=O)/C(=C/c2cccc(C(F)(F)F)c2)S1. The third-order valence-electron chi connectivity index (χ3n) is 11.4. The first kappa shape index (κ1) is 76.2. The highest BCUT2D eigenvalue weighted by atomic mass is 79.9. The lowest BCUT2D eigenvalue weighted by molar-refractivity contribution is -0.274. The van der Waals surface area contributed by atoms with E-state index in [2.05, 4.69) is 30.7 Å². The minimum absolute atomic E-state index is 0.0827. The van der Waals surface area contributed by atoms with E-state index in [1.54, 1.807) is 12.1 Å². The number of carbonyl (C=O) groups excluding carboxylic acids is 8. The van der Waals surface area contributed by atoms with Crippen LogP contribution < -0.4 is 25.4 Å². The molecular weight excluding hydrogens is 1430 g/mol. The number of aryl methyl sites for hydroxylation is 1. The molecule has 0 atom stereocenters. The highest BCUT2D eigenvalue weighted by molar-refractivity contribution is 9.08. The van der Waals surface area contributed by atoms with Gasteiger partial charge in [-0.1, -0.05) is 112 Å². The number of rotatable bonds is 8. The van der Waals surface area contributed by atoms with Gasteiger partial charge in [0.1, 0.15) is 11.5 Å². The number of methoxy groups -OCH3 is 1. The summed E-state index contributed by atoms with van der Waals surface area (Å²) in [6.07, 6.45) is -18.4. The molecule has 14 nitrogen and oxygen atoms in total. The lowest BCUT2D eigenvalue weighted by Crippen LogP contribution is -2.27. The second-order valence-electron chi connectivity index (χ2n) is 18.5. The summed E-state index contributed by atoms with van der Waals surface area (Å²) in [6, 6.07) is 31.6. The van der Waals surface area contributed by atoms with Gasteiger partial charge >= 0.3 is 31.1 Å². The van der Waals surface area contributed by atoms with Gasteiger partial charge in [0.25, 0.3) is 38.7 Å². The number of carbonyl (C=O) groups is 8. The molecule has 0 bridgehead atoms. The molecule has 6 aromatic carbocycles.